The van der Waals surface area contributed by atoms with Gasteiger partial charge < -0.3 is 9.64 Å². The Balaban J connectivity index is 2.11. The molecule has 0 unspecified atom stereocenters. The van der Waals surface area contributed by atoms with Gasteiger partial charge in [-0.05, 0) is 0 Å². The maximum absolute atomic E-state index is 12.3. The fourth-order valence-electron chi connectivity index (χ4n) is 2.03. The van der Waals surface area contributed by atoms with Gasteiger partial charge in [-0.2, -0.15) is 0 Å². The summed E-state index contributed by atoms with van der Waals surface area (Å²) in [6.07, 6.45) is 0.190. The van der Waals surface area contributed by atoms with Crippen molar-refractivity contribution < 1.29 is 14.3 Å². The molecule has 2 rings (SSSR count). The van der Waals surface area contributed by atoms with E-state index in [0.717, 1.165) is 17.0 Å². The first-order valence-corrected chi connectivity index (χ1v) is 7.26. The van der Waals surface area contributed by atoms with Crippen LogP contribution in [0.2, 0.25) is 0 Å². The van der Waals surface area contributed by atoms with Crippen LogP contribution in [-0.4, -0.2) is 35.5 Å². The molecule has 0 radical (unpaired) electrons. The number of carbonyl (C=O) groups is 2. The standard InChI is InChI=1S/C13H19N3O3S/c1-13(2,3)10(17)16-6-5-8-9(7-16)20-11(14-8)15-12(18)19-4/h5-7H2,1-4H3,(H,14,15,18). The smallest absolute Gasteiger partial charge is 0.413 e. The Morgan fingerprint density at radius 1 is 1.40 bits per heavy atom. The van der Waals surface area contributed by atoms with E-state index in [1.807, 2.05) is 25.7 Å². The van der Waals surface area contributed by atoms with Crippen molar-refractivity contribution >= 4 is 28.5 Å². The zero-order valence-electron chi connectivity index (χ0n) is 12.1. The Kier molecular flexibility index (Phi) is 3.99. The summed E-state index contributed by atoms with van der Waals surface area (Å²) in [5, 5.41) is 3.09. The average molecular weight is 297 g/mol. The number of anilines is 1. The Morgan fingerprint density at radius 3 is 2.70 bits per heavy atom. The number of thiazole rings is 1. The summed E-state index contributed by atoms with van der Waals surface area (Å²) in [6.45, 7) is 6.99. The molecule has 0 fully saturated rings. The summed E-state index contributed by atoms with van der Waals surface area (Å²) < 4.78 is 4.54. The molecular formula is C13H19N3O3S. The SMILES string of the molecule is COC(=O)Nc1nc2c(s1)CN(C(=O)C(C)(C)C)CC2. The Labute approximate surface area is 122 Å². The fourth-order valence-corrected chi connectivity index (χ4v) is 3.04. The van der Waals surface area contributed by atoms with E-state index in [1.54, 1.807) is 0 Å². The summed E-state index contributed by atoms with van der Waals surface area (Å²) in [5.74, 6) is 0.138. The molecule has 0 aromatic carbocycles. The maximum Gasteiger partial charge on any atom is 0.413 e. The number of hydrogen-bond acceptors (Lipinski definition) is 5. The van der Waals surface area contributed by atoms with Crippen LogP contribution in [-0.2, 0) is 22.5 Å². The molecule has 7 heteroatoms. The lowest BCUT2D eigenvalue weighted by Crippen LogP contribution is -2.42. The number of carbonyl (C=O) groups excluding carboxylic acids is 2. The molecule has 0 aliphatic carbocycles. The molecule has 0 spiro atoms. The van der Waals surface area contributed by atoms with E-state index in [-0.39, 0.29) is 11.3 Å². The normalized spacial score (nSPS) is 14.7. The van der Waals surface area contributed by atoms with Crippen molar-refractivity contribution in [3.8, 4) is 0 Å². The van der Waals surface area contributed by atoms with Gasteiger partial charge >= 0.3 is 6.09 Å². The zero-order chi connectivity index (χ0) is 14.9. The van der Waals surface area contributed by atoms with E-state index in [2.05, 4.69) is 15.0 Å². The van der Waals surface area contributed by atoms with Gasteiger partial charge in [0.05, 0.1) is 19.3 Å². The van der Waals surface area contributed by atoms with Gasteiger partial charge in [0.1, 0.15) is 0 Å². The predicted octanol–water partition coefficient (Wildman–Crippen LogP) is 2.25. The predicted molar refractivity (Wildman–Crippen MR) is 76.7 cm³/mol. The first-order valence-electron chi connectivity index (χ1n) is 6.44. The van der Waals surface area contributed by atoms with E-state index in [4.69, 9.17) is 0 Å². The quantitative estimate of drug-likeness (QED) is 0.863. The van der Waals surface area contributed by atoms with Crippen molar-refractivity contribution in [2.45, 2.75) is 33.7 Å². The molecule has 0 atom stereocenters. The molecule has 110 valence electrons. The van der Waals surface area contributed by atoms with Crippen molar-refractivity contribution in [2.24, 2.45) is 5.41 Å². The second-order valence-electron chi connectivity index (χ2n) is 5.73. The van der Waals surface area contributed by atoms with Gasteiger partial charge in [0.15, 0.2) is 5.13 Å². The number of nitrogens with one attached hydrogen (secondary N) is 1. The molecular weight excluding hydrogens is 278 g/mol. The Bertz CT molecular complexity index is 533. The van der Waals surface area contributed by atoms with Crippen LogP contribution < -0.4 is 5.32 Å². The second-order valence-corrected chi connectivity index (χ2v) is 6.82. The number of nitrogens with zero attached hydrogens (tertiary/aromatic N) is 2. The van der Waals surface area contributed by atoms with E-state index < -0.39 is 6.09 Å². The summed E-state index contributed by atoms with van der Waals surface area (Å²) >= 11 is 1.39. The molecule has 1 aliphatic rings. The highest BCUT2D eigenvalue weighted by Crippen LogP contribution is 2.30. The van der Waals surface area contributed by atoms with E-state index in [9.17, 15) is 9.59 Å². The third kappa shape index (κ3) is 3.09. The van der Waals surface area contributed by atoms with Gasteiger partial charge in [-0.15, -0.1) is 0 Å². The summed E-state index contributed by atoms with van der Waals surface area (Å²) in [7, 11) is 1.31. The van der Waals surface area contributed by atoms with Crippen LogP contribution >= 0.6 is 11.3 Å². The Morgan fingerprint density at radius 2 is 2.10 bits per heavy atom. The van der Waals surface area contributed by atoms with Crippen molar-refractivity contribution in [2.75, 3.05) is 19.0 Å². The van der Waals surface area contributed by atoms with Crippen molar-refractivity contribution in [3.63, 3.8) is 0 Å². The highest BCUT2D eigenvalue weighted by Gasteiger charge is 2.31. The minimum atomic E-state index is -0.529. The summed E-state index contributed by atoms with van der Waals surface area (Å²) in [6, 6.07) is 0. The molecule has 1 aromatic rings. The number of ether oxygens (including phenoxy) is 1. The molecule has 1 aromatic heterocycles. The van der Waals surface area contributed by atoms with Gasteiger partial charge in [0, 0.05) is 23.3 Å². The highest BCUT2D eigenvalue weighted by atomic mass is 32.1. The minimum Gasteiger partial charge on any atom is -0.453 e. The van der Waals surface area contributed by atoms with Crippen LogP contribution in [0.4, 0.5) is 9.93 Å². The van der Waals surface area contributed by atoms with Gasteiger partial charge in [-0.25, -0.2) is 9.78 Å². The molecule has 2 heterocycles. The van der Waals surface area contributed by atoms with Crippen LogP contribution in [0.3, 0.4) is 0 Å². The largest absolute Gasteiger partial charge is 0.453 e. The molecule has 1 aliphatic heterocycles. The second kappa shape index (κ2) is 5.40. The van der Waals surface area contributed by atoms with Gasteiger partial charge in [-0.3, -0.25) is 10.1 Å². The third-order valence-corrected chi connectivity index (χ3v) is 4.05. The van der Waals surface area contributed by atoms with Crippen LogP contribution in [0.5, 0.6) is 0 Å². The lowest BCUT2D eigenvalue weighted by atomic mass is 9.94. The molecule has 0 bridgehead atoms. The summed E-state index contributed by atoms with van der Waals surface area (Å²) in [4.78, 5) is 30.7. The number of fused-ring (bicyclic) bond motifs is 1. The minimum absolute atomic E-state index is 0.138. The average Bonchev–Trinajstić information content (AvgIpc) is 2.77. The van der Waals surface area contributed by atoms with Gasteiger partial charge in [-0.1, -0.05) is 32.1 Å². The molecule has 0 saturated carbocycles. The van der Waals surface area contributed by atoms with Crippen LogP contribution in [0.1, 0.15) is 31.3 Å². The monoisotopic (exact) mass is 297 g/mol. The number of aromatic nitrogens is 1. The van der Waals surface area contributed by atoms with Gasteiger partial charge in [0.25, 0.3) is 0 Å². The maximum atomic E-state index is 12.3. The van der Waals surface area contributed by atoms with Crippen LogP contribution in [0.25, 0.3) is 0 Å². The van der Waals surface area contributed by atoms with E-state index in [1.165, 1.54) is 18.4 Å². The van der Waals surface area contributed by atoms with Crippen molar-refractivity contribution in [3.05, 3.63) is 10.6 Å². The molecule has 1 N–H and O–H groups in total. The first kappa shape index (κ1) is 14.8. The number of amides is 2. The molecule has 6 nitrogen and oxygen atoms in total. The number of rotatable bonds is 1. The first-order chi connectivity index (χ1) is 9.31. The van der Waals surface area contributed by atoms with E-state index in [0.29, 0.717) is 18.2 Å². The molecule has 0 saturated heterocycles. The van der Waals surface area contributed by atoms with Crippen LogP contribution in [0, 0.1) is 5.41 Å². The van der Waals surface area contributed by atoms with E-state index >= 15 is 0 Å². The highest BCUT2D eigenvalue weighted by molar-refractivity contribution is 7.15. The topological polar surface area (TPSA) is 71.5 Å². The van der Waals surface area contributed by atoms with Crippen LogP contribution in [0.15, 0.2) is 0 Å². The lowest BCUT2D eigenvalue weighted by Gasteiger charge is -2.31. The van der Waals surface area contributed by atoms with Crippen molar-refractivity contribution in [1.29, 1.82) is 0 Å². The molecule has 20 heavy (non-hydrogen) atoms. The molecule has 2 amide bonds. The number of methoxy groups -OCH3 is 1. The lowest BCUT2D eigenvalue weighted by molar-refractivity contribution is -0.140. The number of hydrogen-bond donors (Lipinski definition) is 1. The third-order valence-electron chi connectivity index (χ3n) is 3.05. The van der Waals surface area contributed by atoms with Gasteiger partial charge in [0.2, 0.25) is 5.91 Å². The fraction of sp³-hybridized carbons (Fsp3) is 0.615. The van der Waals surface area contributed by atoms with Crippen molar-refractivity contribution in [1.82, 2.24) is 9.88 Å². The zero-order valence-corrected chi connectivity index (χ0v) is 13.0. The summed E-state index contributed by atoms with van der Waals surface area (Å²) in [5.41, 5.74) is 0.578. The Hall–Kier alpha value is -1.63.